The third kappa shape index (κ3) is 3.38. The summed E-state index contributed by atoms with van der Waals surface area (Å²) in [5.74, 6) is 1.28. The second-order valence-corrected chi connectivity index (χ2v) is 3.96. The van der Waals surface area contributed by atoms with Crippen molar-refractivity contribution in [2.45, 2.75) is 39.7 Å². The molecule has 2 heteroatoms. The minimum absolute atomic E-state index is 0.0812. The van der Waals surface area contributed by atoms with E-state index < -0.39 is 0 Å². The molecule has 0 fully saturated rings. The summed E-state index contributed by atoms with van der Waals surface area (Å²) in [4.78, 5) is 10.2. The quantitative estimate of drug-likeness (QED) is 0.539. The van der Waals surface area contributed by atoms with Gasteiger partial charge in [0.1, 0.15) is 0 Å². The number of hydrogen-bond acceptors (Lipinski definition) is 2. The summed E-state index contributed by atoms with van der Waals surface area (Å²) in [7, 11) is 0. The Hall–Kier alpha value is -1.02. The van der Waals surface area contributed by atoms with Gasteiger partial charge in [-0.1, -0.05) is 26.0 Å². The van der Waals surface area contributed by atoms with Gasteiger partial charge in [0.05, 0.1) is 6.10 Å². The molecule has 1 rings (SSSR count). The van der Waals surface area contributed by atoms with Gasteiger partial charge in [0.2, 0.25) is 0 Å². The van der Waals surface area contributed by atoms with Crippen LogP contribution in [0.25, 0.3) is 0 Å². The van der Waals surface area contributed by atoms with Crippen LogP contribution in [0.5, 0.6) is 5.75 Å². The maximum absolute atomic E-state index is 5.16. The molecule has 1 aromatic rings. The second kappa shape index (κ2) is 5.01. The van der Waals surface area contributed by atoms with Crippen molar-refractivity contribution in [2.24, 2.45) is 0 Å². The minimum atomic E-state index is 0.0812. The molecule has 2 nitrogen and oxygen atoms in total. The van der Waals surface area contributed by atoms with Crippen molar-refractivity contribution in [3.05, 3.63) is 29.8 Å². The maximum Gasteiger partial charge on any atom is 0.165 e. The lowest BCUT2D eigenvalue weighted by atomic mass is 10.0. The molecule has 14 heavy (non-hydrogen) atoms. The van der Waals surface area contributed by atoms with Gasteiger partial charge >= 0.3 is 0 Å². The zero-order valence-corrected chi connectivity index (χ0v) is 9.28. The summed E-state index contributed by atoms with van der Waals surface area (Å²) in [5.41, 5.74) is 1.26. The molecule has 0 saturated carbocycles. The summed E-state index contributed by atoms with van der Waals surface area (Å²) in [6.07, 6.45) is 0.0812. The minimum Gasteiger partial charge on any atom is -0.337 e. The van der Waals surface area contributed by atoms with Crippen LogP contribution >= 0.6 is 0 Å². The molecule has 78 valence electrons. The third-order valence-corrected chi connectivity index (χ3v) is 1.86. The first-order valence-electron chi connectivity index (χ1n) is 5.03. The topological polar surface area (TPSA) is 18.5 Å². The molecule has 0 saturated heterocycles. The van der Waals surface area contributed by atoms with Gasteiger partial charge in [0, 0.05) is 0 Å². The lowest BCUT2D eigenvalue weighted by Gasteiger charge is -2.10. The first-order valence-corrected chi connectivity index (χ1v) is 5.03. The van der Waals surface area contributed by atoms with Crippen LogP contribution in [0.15, 0.2) is 24.3 Å². The highest BCUT2D eigenvalue weighted by molar-refractivity contribution is 5.29. The lowest BCUT2D eigenvalue weighted by Crippen LogP contribution is -2.06. The summed E-state index contributed by atoms with van der Waals surface area (Å²) < 4.78 is 0. The van der Waals surface area contributed by atoms with Gasteiger partial charge < -0.3 is 4.89 Å². The van der Waals surface area contributed by atoms with Crippen molar-refractivity contribution in [1.82, 2.24) is 0 Å². The van der Waals surface area contributed by atoms with Crippen molar-refractivity contribution in [1.29, 1.82) is 0 Å². The van der Waals surface area contributed by atoms with Crippen molar-refractivity contribution in [3.8, 4) is 5.75 Å². The zero-order valence-electron chi connectivity index (χ0n) is 9.28. The fraction of sp³-hybridized carbons (Fsp3) is 0.500. The van der Waals surface area contributed by atoms with E-state index in [1.807, 2.05) is 32.0 Å². The van der Waals surface area contributed by atoms with Crippen LogP contribution < -0.4 is 4.89 Å². The molecule has 0 N–H and O–H groups in total. The number of hydrogen-bond donors (Lipinski definition) is 0. The Morgan fingerprint density at radius 1 is 1.07 bits per heavy atom. The molecule has 0 bridgehead atoms. The van der Waals surface area contributed by atoms with Crippen LogP contribution in [0.1, 0.15) is 39.2 Å². The van der Waals surface area contributed by atoms with Crippen LogP contribution in [-0.4, -0.2) is 6.10 Å². The molecule has 0 radical (unpaired) electrons. The fourth-order valence-corrected chi connectivity index (χ4v) is 1.08. The van der Waals surface area contributed by atoms with Crippen LogP contribution in [0, 0.1) is 0 Å². The molecule has 0 aliphatic heterocycles. The molecular formula is C12H18O2. The highest BCUT2D eigenvalue weighted by Crippen LogP contribution is 2.20. The van der Waals surface area contributed by atoms with E-state index in [9.17, 15) is 0 Å². The van der Waals surface area contributed by atoms with Gasteiger partial charge in [-0.05, 0) is 37.5 Å². The number of benzene rings is 1. The van der Waals surface area contributed by atoms with Gasteiger partial charge in [0.15, 0.2) is 5.75 Å². The smallest absolute Gasteiger partial charge is 0.165 e. The monoisotopic (exact) mass is 194 g/mol. The predicted molar refractivity (Wildman–Crippen MR) is 57.4 cm³/mol. The highest BCUT2D eigenvalue weighted by Gasteiger charge is 2.02. The summed E-state index contributed by atoms with van der Waals surface area (Å²) in [6, 6.07) is 7.97. The molecule has 0 heterocycles. The normalized spacial score (nSPS) is 11.0. The Kier molecular flexibility index (Phi) is 3.96. The van der Waals surface area contributed by atoms with E-state index in [-0.39, 0.29) is 6.10 Å². The van der Waals surface area contributed by atoms with E-state index in [0.29, 0.717) is 5.92 Å². The van der Waals surface area contributed by atoms with E-state index in [0.717, 1.165) is 5.75 Å². The van der Waals surface area contributed by atoms with E-state index >= 15 is 0 Å². The van der Waals surface area contributed by atoms with Gasteiger partial charge in [0.25, 0.3) is 0 Å². The van der Waals surface area contributed by atoms with Crippen molar-refractivity contribution >= 4 is 0 Å². The van der Waals surface area contributed by atoms with Crippen LogP contribution in [0.4, 0.5) is 0 Å². The van der Waals surface area contributed by atoms with Crippen molar-refractivity contribution < 1.29 is 9.78 Å². The summed E-state index contributed by atoms with van der Waals surface area (Å²) in [6.45, 7) is 8.18. The molecule has 0 aromatic heterocycles. The zero-order chi connectivity index (χ0) is 10.6. The Morgan fingerprint density at radius 2 is 1.79 bits per heavy atom. The Balaban J connectivity index is 2.64. The van der Waals surface area contributed by atoms with Gasteiger partial charge in [-0.2, -0.15) is 4.89 Å². The second-order valence-electron chi connectivity index (χ2n) is 3.96. The average molecular weight is 194 g/mol. The molecule has 0 amide bonds. The van der Waals surface area contributed by atoms with Crippen LogP contribution in [0.3, 0.4) is 0 Å². The van der Waals surface area contributed by atoms with E-state index in [2.05, 4.69) is 19.9 Å². The predicted octanol–water partition coefficient (Wildman–Crippen LogP) is 3.53. The Morgan fingerprint density at radius 3 is 2.36 bits per heavy atom. The first kappa shape index (κ1) is 11.1. The van der Waals surface area contributed by atoms with Gasteiger partial charge in [-0.3, -0.25) is 0 Å². The van der Waals surface area contributed by atoms with Crippen molar-refractivity contribution in [3.63, 3.8) is 0 Å². The van der Waals surface area contributed by atoms with E-state index in [1.54, 1.807) is 0 Å². The first-order chi connectivity index (χ1) is 6.59. The van der Waals surface area contributed by atoms with Gasteiger partial charge in [-0.15, -0.1) is 0 Å². The molecule has 0 spiro atoms. The van der Waals surface area contributed by atoms with Gasteiger partial charge in [-0.25, -0.2) is 0 Å². The maximum atomic E-state index is 5.16. The molecular weight excluding hydrogens is 176 g/mol. The molecule has 0 aliphatic rings. The molecule has 0 atom stereocenters. The van der Waals surface area contributed by atoms with Crippen LogP contribution in [0.2, 0.25) is 0 Å². The largest absolute Gasteiger partial charge is 0.337 e. The molecule has 0 unspecified atom stereocenters. The standard InChI is InChI=1S/C12H18O2/c1-9(2)11-6-5-7-12(8-11)14-13-10(3)4/h5-10H,1-4H3. The Labute approximate surface area is 85.8 Å². The number of rotatable bonds is 4. The SMILES string of the molecule is CC(C)OOc1cccc(C(C)C)c1. The molecule has 0 aliphatic carbocycles. The summed E-state index contributed by atoms with van der Waals surface area (Å²) in [5, 5.41) is 0. The summed E-state index contributed by atoms with van der Waals surface area (Å²) >= 11 is 0. The highest BCUT2D eigenvalue weighted by atomic mass is 17.2. The fourth-order valence-electron chi connectivity index (χ4n) is 1.08. The lowest BCUT2D eigenvalue weighted by molar-refractivity contribution is -0.234. The Bertz CT molecular complexity index is 279. The van der Waals surface area contributed by atoms with Crippen LogP contribution in [-0.2, 0) is 4.89 Å². The van der Waals surface area contributed by atoms with Crippen molar-refractivity contribution in [2.75, 3.05) is 0 Å². The van der Waals surface area contributed by atoms with E-state index in [1.165, 1.54) is 5.56 Å². The van der Waals surface area contributed by atoms with E-state index in [4.69, 9.17) is 9.78 Å². The molecule has 1 aromatic carbocycles. The average Bonchev–Trinajstić information content (AvgIpc) is 2.15. The third-order valence-electron chi connectivity index (χ3n) is 1.86.